The molecule has 3 aromatic carbocycles. The Morgan fingerprint density at radius 3 is 2.28 bits per heavy atom. The highest BCUT2D eigenvalue weighted by Crippen LogP contribution is 2.36. The molecule has 1 amide bonds. The predicted molar refractivity (Wildman–Crippen MR) is 146 cm³/mol. The van der Waals surface area contributed by atoms with Crippen LogP contribution in [0.4, 0.5) is 5.69 Å². The zero-order valence-corrected chi connectivity index (χ0v) is 21.1. The van der Waals surface area contributed by atoms with Gasteiger partial charge in [-0.15, -0.1) is 0 Å². The summed E-state index contributed by atoms with van der Waals surface area (Å²) in [6.07, 6.45) is 0.198. The second-order valence-electron chi connectivity index (χ2n) is 9.26. The number of anilines is 1. The van der Waals surface area contributed by atoms with Crippen molar-refractivity contribution in [3.63, 3.8) is 0 Å². The summed E-state index contributed by atoms with van der Waals surface area (Å²) in [4.78, 5) is 29.1. The van der Waals surface area contributed by atoms with Crippen LogP contribution in [0.3, 0.4) is 0 Å². The second kappa shape index (κ2) is 10.6. The SMILES string of the molecule is CC(=NCC(=O)CCC(=O)Nc1ccccc1)c1c(O)n(-c2cc(C)cc(C)c2)c2cc(C)ccc12. The smallest absolute Gasteiger partial charge is 0.224 e. The maximum absolute atomic E-state index is 12.5. The number of aryl methyl sites for hydroxylation is 3. The van der Waals surface area contributed by atoms with Gasteiger partial charge in [0.1, 0.15) is 0 Å². The molecule has 36 heavy (non-hydrogen) atoms. The van der Waals surface area contributed by atoms with E-state index in [-0.39, 0.29) is 37.0 Å². The molecular weight excluding hydrogens is 450 g/mol. The molecule has 4 rings (SSSR count). The topological polar surface area (TPSA) is 83.7 Å². The third kappa shape index (κ3) is 5.54. The molecule has 184 valence electrons. The number of nitrogens with one attached hydrogen (secondary N) is 1. The number of Topliss-reactive ketones (excluding diaryl/α,β-unsaturated/α-hetero) is 1. The number of ketones is 1. The summed E-state index contributed by atoms with van der Waals surface area (Å²) >= 11 is 0. The average Bonchev–Trinajstić information content (AvgIpc) is 3.12. The van der Waals surface area contributed by atoms with Crippen LogP contribution in [0.5, 0.6) is 5.88 Å². The number of carbonyl (C=O) groups is 2. The normalized spacial score (nSPS) is 11.6. The lowest BCUT2D eigenvalue weighted by atomic mass is 10.1. The first-order valence-electron chi connectivity index (χ1n) is 12.0. The molecule has 0 aliphatic heterocycles. The Labute approximate surface area is 211 Å². The van der Waals surface area contributed by atoms with Crippen LogP contribution in [0.25, 0.3) is 16.6 Å². The highest BCUT2D eigenvalue weighted by atomic mass is 16.3. The number of aromatic nitrogens is 1. The van der Waals surface area contributed by atoms with Gasteiger partial charge in [0.05, 0.1) is 17.6 Å². The van der Waals surface area contributed by atoms with Gasteiger partial charge in [0.15, 0.2) is 5.78 Å². The van der Waals surface area contributed by atoms with Crippen molar-refractivity contribution < 1.29 is 14.7 Å². The third-order valence-electron chi connectivity index (χ3n) is 6.11. The number of benzene rings is 3. The summed E-state index contributed by atoms with van der Waals surface area (Å²) in [6, 6.07) is 21.3. The predicted octanol–water partition coefficient (Wildman–Crippen LogP) is 6.06. The standard InChI is InChI=1S/C30H31N3O3/c1-19-10-12-26-27(17-19)33(24-15-20(2)14-21(3)16-24)30(36)29(26)22(4)31-18-25(34)11-13-28(35)32-23-8-6-5-7-9-23/h5-10,12,14-17,36H,11,13,18H2,1-4H3,(H,32,35). The molecule has 0 unspecified atom stereocenters. The van der Waals surface area contributed by atoms with Crippen LogP contribution in [0.1, 0.15) is 42.0 Å². The van der Waals surface area contributed by atoms with Crippen molar-refractivity contribution >= 4 is 34.0 Å². The molecule has 2 N–H and O–H groups in total. The van der Waals surface area contributed by atoms with Gasteiger partial charge in [-0.05, 0) is 74.7 Å². The molecule has 1 aromatic heterocycles. The summed E-state index contributed by atoms with van der Waals surface area (Å²) in [5, 5.41) is 15.0. The third-order valence-corrected chi connectivity index (χ3v) is 6.11. The number of carbonyl (C=O) groups excluding carboxylic acids is 2. The fraction of sp³-hybridized carbons (Fsp3) is 0.233. The minimum absolute atomic E-state index is 0.0496. The quantitative estimate of drug-likeness (QED) is 0.300. The molecule has 0 saturated heterocycles. The second-order valence-corrected chi connectivity index (χ2v) is 9.26. The zero-order chi connectivity index (χ0) is 25.8. The molecule has 6 nitrogen and oxygen atoms in total. The van der Waals surface area contributed by atoms with E-state index in [9.17, 15) is 14.7 Å². The molecule has 0 saturated carbocycles. The molecule has 0 spiro atoms. The van der Waals surface area contributed by atoms with Gasteiger partial charge in [-0.25, -0.2) is 0 Å². The summed E-state index contributed by atoms with van der Waals surface area (Å²) in [5.74, 6) is -0.248. The first kappa shape index (κ1) is 24.9. The first-order chi connectivity index (χ1) is 17.2. The number of nitrogens with zero attached hydrogens (tertiary/aromatic N) is 2. The van der Waals surface area contributed by atoms with Gasteiger partial charge in [-0.3, -0.25) is 19.1 Å². The van der Waals surface area contributed by atoms with E-state index in [4.69, 9.17) is 0 Å². The van der Waals surface area contributed by atoms with Crippen molar-refractivity contribution in [1.82, 2.24) is 4.57 Å². The molecule has 1 heterocycles. The summed E-state index contributed by atoms with van der Waals surface area (Å²) in [7, 11) is 0. The van der Waals surface area contributed by atoms with E-state index in [1.807, 2.05) is 73.9 Å². The molecule has 0 atom stereocenters. The number of fused-ring (bicyclic) bond motifs is 1. The Hall–Kier alpha value is -4.19. The van der Waals surface area contributed by atoms with Gasteiger partial charge < -0.3 is 10.4 Å². The van der Waals surface area contributed by atoms with Crippen LogP contribution < -0.4 is 5.32 Å². The number of hydrogen-bond donors (Lipinski definition) is 2. The molecule has 6 heteroatoms. The van der Waals surface area contributed by atoms with Crippen molar-refractivity contribution in [3.8, 4) is 11.6 Å². The number of para-hydroxylation sites is 1. The maximum atomic E-state index is 12.5. The van der Waals surface area contributed by atoms with E-state index < -0.39 is 0 Å². The van der Waals surface area contributed by atoms with E-state index in [0.717, 1.165) is 33.3 Å². The van der Waals surface area contributed by atoms with Crippen molar-refractivity contribution in [1.29, 1.82) is 0 Å². The fourth-order valence-corrected chi connectivity index (χ4v) is 4.45. The molecule has 0 radical (unpaired) electrons. The van der Waals surface area contributed by atoms with E-state index in [1.165, 1.54) is 0 Å². The van der Waals surface area contributed by atoms with Crippen LogP contribution in [-0.2, 0) is 9.59 Å². The maximum Gasteiger partial charge on any atom is 0.224 e. The molecule has 0 fully saturated rings. The molecule has 0 bridgehead atoms. The monoisotopic (exact) mass is 481 g/mol. The van der Waals surface area contributed by atoms with E-state index in [1.54, 1.807) is 19.1 Å². The molecule has 4 aromatic rings. The zero-order valence-electron chi connectivity index (χ0n) is 21.1. The van der Waals surface area contributed by atoms with E-state index >= 15 is 0 Å². The van der Waals surface area contributed by atoms with Crippen molar-refractivity contribution in [3.05, 3.63) is 89.0 Å². The van der Waals surface area contributed by atoms with Crippen molar-refractivity contribution in [2.75, 3.05) is 11.9 Å². The van der Waals surface area contributed by atoms with Crippen LogP contribution in [0.2, 0.25) is 0 Å². The lowest BCUT2D eigenvalue weighted by Crippen LogP contribution is -2.14. The number of aliphatic imine (C=N–C) groups is 1. The van der Waals surface area contributed by atoms with E-state index in [0.29, 0.717) is 17.0 Å². The largest absolute Gasteiger partial charge is 0.494 e. The Balaban J connectivity index is 1.55. The lowest BCUT2D eigenvalue weighted by molar-refractivity contribution is -0.122. The van der Waals surface area contributed by atoms with Gasteiger partial charge >= 0.3 is 0 Å². The van der Waals surface area contributed by atoms with E-state index in [2.05, 4.69) is 16.4 Å². The van der Waals surface area contributed by atoms with Crippen molar-refractivity contribution in [2.24, 2.45) is 4.99 Å². The highest BCUT2D eigenvalue weighted by molar-refractivity contribution is 6.13. The van der Waals surface area contributed by atoms with Gasteiger partial charge in [-0.1, -0.05) is 36.4 Å². The number of rotatable bonds is 8. The number of aromatic hydroxyl groups is 1. The summed E-state index contributed by atoms with van der Waals surface area (Å²) in [5.41, 5.74) is 6.93. The summed E-state index contributed by atoms with van der Waals surface area (Å²) in [6.45, 7) is 7.83. The van der Waals surface area contributed by atoms with Gasteiger partial charge in [0, 0.05) is 35.3 Å². The van der Waals surface area contributed by atoms with Crippen LogP contribution in [0.15, 0.2) is 71.7 Å². The van der Waals surface area contributed by atoms with Crippen LogP contribution in [-0.4, -0.2) is 33.6 Å². The first-order valence-corrected chi connectivity index (χ1v) is 12.0. The molecular formula is C30H31N3O3. The minimum Gasteiger partial charge on any atom is -0.494 e. The highest BCUT2D eigenvalue weighted by Gasteiger charge is 2.20. The Morgan fingerprint density at radius 2 is 1.58 bits per heavy atom. The van der Waals surface area contributed by atoms with Gasteiger partial charge in [0.25, 0.3) is 0 Å². The minimum atomic E-state index is -0.209. The average molecular weight is 482 g/mol. The Morgan fingerprint density at radius 1 is 0.889 bits per heavy atom. The van der Waals surface area contributed by atoms with Gasteiger partial charge in [0.2, 0.25) is 11.8 Å². The molecule has 0 aliphatic carbocycles. The Bertz CT molecular complexity index is 1450. The molecule has 0 aliphatic rings. The van der Waals surface area contributed by atoms with Gasteiger partial charge in [-0.2, -0.15) is 0 Å². The van der Waals surface area contributed by atoms with Crippen LogP contribution >= 0.6 is 0 Å². The fourth-order valence-electron chi connectivity index (χ4n) is 4.45. The Kier molecular flexibility index (Phi) is 7.34. The number of hydrogen-bond acceptors (Lipinski definition) is 4. The summed E-state index contributed by atoms with van der Waals surface area (Å²) < 4.78 is 1.84. The van der Waals surface area contributed by atoms with Crippen molar-refractivity contribution in [2.45, 2.75) is 40.5 Å². The lowest BCUT2D eigenvalue weighted by Gasteiger charge is -2.10. The number of amides is 1. The van der Waals surface area contributed by atoms with Crippen LogP contribution in [0, 0.1) is 20.8 Å².